The van der Waals surface area contributed by atoms with Gasteiger partial charge in [-0.15, -0.1) is 0 Å². The van der Waals surface area contributed by atoms with Crippen molar-refractivity contribution >= 4 is 21.9 Å². The van der Waals surface area contributed by atoms with Crippen LogP contribution in [0.3, 0.4) is 0 Å². The zero-order valence-corrected chi connectivity index (χ0v) is 18.6. The molecule has 0 amide bonds. The van der Waals surface area contributed by atoms with Crippen molar-refractivity contribution in [2.75, 3.05) is 0 Å². The van der Waals surface area contributed by atoms with Gasteiger partial charge in [0.1, 0.15) is 17.0 Å². The number of fused-ring (bicyclic) bond motifs is 3. The minimum atomic E-state index is -0.900. The predicted molar refractivity (Wildman–Crippen MR) is 136 cm³/mol. The van der Waals surface area contributed by atoms with Gasteiger partial charge in [0.05, 0.1) is 5.69 Å². The van der Waals surface area contributed by atoms with Crippen LogP contribution < -0.4 is 0 Å². The molecule has 34 heavy (non-hydrogen) atoms. The van der Waals surface area contributed by atoms with Crippen LogP contribution in [0.4, 0.5) is 4.39 Å². The fourth-order valence-electron chi connectivity index (χ4n) is 4.49. The summed E-state index contributed by atoms with van der Waals surface area (Å²) in [7, 11) is 0. The first-order chi connectivity index (χ1) is 17.0. The second kappa shape index (κ2) is 8.27. The Bertz CT molecular complexity index is 1670. The third-order valence-electron chi connectivity index (χ3n) is 6.35. The van der Waals surface area contributed by atoms with Crippen molar-refractivity contribution in [2.24, 2.45) is 0 Å². The smallest absolute Gasteiger partial charge is 0.144 e. The van der Waals surface area contributed by atoms with Crippen molar-refractivity contribution in [3.05, 3.63) is 126 Å². The summed E-state index contributed by atoms with van der Waals surface area (Å²) < 4.78 is 28.8. The van der Waals surface area contributed by atoms with Crippen LogP contribution >= 0.6 is 0 Å². The summed E-state index contributed by atoms with van der Waals surface area (Å²) in [6.45, 7) is 1.91. The number of furan rings is 1. The van der Waals surface area contributed by atoms with Gasteiger partial charge in [0.2, 0.25) is 0 Å². The molecule has 0 aliphatic heterocycles. The SMILES string of the molecule is [2H]C(C)(c1ccccc1)c1ccc2c(c1)oc1c(-c3cc(-c4ccc(F)cc4)ccn3)cccc12. The molecule has 2 heterocycles. The lowest BCUT2D eigenvalue weighted by molar-refractivity contribution is 0.628. The molecule has 0 aliphatic rings. The summed E-state index contributed by atoms with van der Waals surface area (Å²) in [6.07, 6.45) is 1.76. The predicted octanol–water partition coefficient (Wildman–Crippen LogP) is 8.61. The van der Waals surface area contributed by atoms with Crippen LogP contribution in [0, 0.1) is 5.82 Å². The lowest BCUT2D eigenvalue weighted by Crippen LogP contribution is -1.95. The van der Waals surface area contributed by atoms with Gasteiger partial charge >= 0.3 is 0 Å². The topological polar surface area (TPSA) is 26.0 Å². The minimum Gasteiger partial charge on any atom is -0.455 e. The molecular formula is C31H22FNO. The maximum absolute atomic E-state index is 13.4. The Morgan fingerprint density at radius 3 is 2.41 bits per heavy atom. The van der Waals surface area contributed by atoms with Gasteiger partial charge in [-0.2, -0.15) is 0 Å². The lowest BCUT2D eigenvalue weighted by atomic mass is 9.92. The Labute approximate surface area is 198 Å². The molecule has 0 N–H and O–H groups in total. The first-order valence-electron chi connectivity index (χ1n) is 11.7. The molecule has 4 aromatic carbocycles. The van der Waals surface area contributed by atoms with Gasteiger partial charge in [0.25, 0.3) is 0 Å². The molecule has 2 aromatic heterocycles. The summed E-state index contributed by atoms with van der Waals surface area (Å²) in [6, 6.07) is 32.3. The third-order valence-corrected chi connectivity index (χ3v) is 6.35. The normalized spacial score (nSPS) is 13.6. The van der Waals surface area contributed by atoms with Gasteiger partial charge in [-0.25, -0.2) is 4.39 Å². The molecule has 0 aliphatic carbocycles. The largest absolute Gasteiger partial charge is 0.455 e. The highest BCUT2D eigenvalue weighted by Gasteiger charge is 2.16. The number of hydrogen-bond donors (Lipinski definition) is 0. The van der Waals surface area contributed by atoms with E-state index in [4.69, 9.17) is 5.79 Å². The number of pyridine rings is 1. The highest BCUT2D eigenvalue weighted by atomic mass is 19.1. The lowest BCUT2D eigenvalue weighted by Gasteiger charge is -2.12. The molecule has 3 heteroatoms. The molecule has 6 aromatic rings. The average molecular weight is 445 g/mol. The maximum Gasteiger partial charge on any atom is 0.144 e. The van der Waals surface area contributed by atoms with Crippen molar-refractivity contribution < 1.29 is 10.2 Å². The van der Waals surface area contributed by atoms with Gasteiger partial charge in [-0.05, 0) is 58.7 Å². The number of hydrogen-bond acceptors (Lipinski definition) is 2. The standard InChI is InChI=1S/C31H22FNO/c1-20(21-6-3-2-4-7-21)23-12-15-26-27-8-5-9-28(31(27)34-30(26)19-23)29-18-24(16-17-33-29)22-10-13-25(32)14-11-22/h2-20H,1H3/i20D. The molecule has 0 fully saturated rings. The molecular weight excluding hydrogens is 421 g/mol. The Kier molecular flexibility index (Phi) is 4.68. The molecule has 1 atom stereocenters. The minimum absolute atomic E-state index is 0.259. The van der Waals surface area contributed by atoms with Crippen LogP contribution in [0.5, 0.6) is 0 Å². The quantitative estimate of drug-likeness (QED) is 0.272. The second-order valence-corrected chi connectivity index (χ2v) is 8.42. The molecule has 6 rings (SSSR count). The van der Waals surface area contributed by atoms with Gasteiger partial charge < -0.3 is 4.42 Å². The highest BCUT2D eigenvalue weighted by Crippen LogP contribution is 2.37. The Morgan fingerprint density at radius 1 is 0.765 bits per heavy atom. The summed E-state index contributed by atoms with van der Waals surface area (Å²) in [5.74, 6) is -1.16. The molecule has 0 bridgehead atoms. The van der Waals surface area contributed by atoms with Crippen LogP contribution in [0.2, 0.25) is 0 Å². The van der Waals surface area contributed by atoms with Crippen LogP contribution in [0.25, 0.3) is 44.3 Å². The summed E-state index contributed by atoms with van der Waals surface area (Å²) in [5, 5.41) is 2.01. The van der Waals surface area contributed by atoms with Gasteiger partial charge in [-0.1, -0.05) is 73.7 Å². The fourth-order valence-corrected chi connectivity index (χ4v) is 4.49. The van der Waals surface area contributed by atoms with Crippen LogP contribution in [-0.4, -0.2) is 4.98 Å². The number of rotatable bonds is 4. The zero-order valence-electron chi connectivity index (χ0n) is 19.6. The Hall–Kier alpha value is -4.24. The molecule has 1 unspecified atom stereocenters. The summed E-state index contributed by atoms with van der Waals surface area (Å²) in [4.78, 5) is 4.61. The average Bonchev–Trinajstić information content (AvgIpc) is 3.28. The van der Waals surface area contributed by atoms with Gasteiger partial charge in [0.15, 0.2) is 0 Å². The van der Waals surface area contributed by atoms with Crippen molar-refractivity contribution in [1.82, 2.24) is 4.98 Å². The number of aromatic nitrogens is 1. The third kappa shape index (κ3) is 3.56. The monoisotopic (exact) mass is 444 g/mol. The van der Waals surface area contributed by atoms with E-state index in [1.807, 2.05) is 85.8 Å². The molecule has 2 nitrogen and oxygen atoms in total. The number of nitrogens with zero attached hydrogens (tertiary/aromatic N) is 1. The fraction of sp³-hybridized carbons (Fsp3) is 0.0645. The van der Waals surface area contributed by atoms with Crippen molar-refractivity contribution in [2.45, 2.75) is 12.8 Å². The summed E-state index contributed by atoms with van der Waals surface area (Å²) >= 11 is 0. The molecule has 0 radical (unpaired) electrons. The van der Waals surface area contributed by atoms with Crippen LogP contribution in [0.15, 0.2) is 114 Å². The molecule has 0 saturated carbocycles. The summed E-state index contributed by atoms with van der Waals surface area (Å²) in [5.41, 5.74) is 6.85. The van der Waals surface area contributed by atoms with E-state index in [0.29, 0.717) is 0 Å². The van der Waals surface area contributed by atoms with E-state index >= 15 is 0 Å². The zero-order chi connectivity index (χ0) is 24.0. The number of para-hydroxylation sites is 1. The maximum atomic E-state index is 13.4. The first-order valence-corrected chi connectivity index (χ1v) is 11.2. The molecule has 164 valence electrons. The van der Waals surface area contributed by atoms with E-state index in [1.165, 1.54) is 12.1 Å². The van der Waals surface area contributed by atoms with Crippen molar-refractivity contribution in [3.8, 4) is 22.4 Å². The van der Waals surface area contributed by atoms with E-state index in [0.717, 1.165) is 55.4 Å². The van der Waals surface area contributed by atoms with Gasteiger partial charge in [-0.3, -0.25) is 4.98 Å². The van der Waals surface area contributed by atoms with Crippen molar-refractivity contribution in [3.63, 3.8) is 0 Å². The molecule has 0 spiro atoms. The Morgan fingerprint density at radius 2 is 1.59 bits per heavy atom. The highest BCUT2D eigenvalue weighted by molar-refractivity contribution is 6.09. The Balaban J connectivity index is 1.47. The van der Waals surface area contributed by atoms with Crippen LogP contribution in [0.1, 0.15) is 25.3 Å². The first kappa shape index (κ1) is 19.2. The number of halogens is 1. The molecule has 0 saturated heterocycles. The van der Waals surface area contributed by atoms with Crippen molar-refractivity contribution in [1.29, 1.82) is 0 Å². The van der Waals surface area contributed by atoms with E-state index in [2.05, 4.69) is 4.98 Å². The van der Waals surface area contributed by atoms with E-state index in [1.54, 1.807) is 18.3 Å². The number of benzene rings is 4. The second-order valence-electron chi connectivity index (χ2n) is 8.42. The van der Waals surface area contributed by atoms with E-state index < -0.39 is 5.89 Å². The van der Waals surface area contributed by atoms with E-state index in [-0.39, 0.29) is 5.82 Å². The van der Waals surface area contributed by atoms with Gasteiger partial charge in [0, 0.05) is 29.8 Å². The van der Waals surface area contributed by atoms with Crippen LogP contribution in [-0.2, 0) is 0 Å². The van der Waals surface area contributed by atoms with E-state index in [9.17, 15) is 4.39 Å².